The van der Waals surface area contributed by atoms with Crippen LogP contribution in [0.25, 0.3) is 0 Å². The van der Waals surface area contributed by atoms with E-state index in [4.69, 9.17) is 5.26 Å². The number of hydrogen-bond donors (Lipinski definition) is 1. The van der Waals surface area contributed by atoms with E-state index in [1.807, 2.05) is 6.07 Å². The summed E-state index contributed by atoms with van der Waals surface area (Å²) in [4.78, 5) is 8.14. The number of hydrogen-bond acceptors (Lipinski definition) is 5. The molecule has 1 unspecified atom stereocenters. The van der Waals surface area contributed by atoms with Gasteiger partial charge >= 0.3 is 0 Å². The summed E-state index contributed by atoms with van der Waals surface area (Å²) < 4.78 is 0. The van der Waals surface area contributed by atoms with Gasteiger partial charge < -0.3 is 5.32 Å². The molecule has 0 saturated carbocycles. The van der Waals surface area contributed by atoms with Crippen LogP contribution in [0.5, 0.6) is 0 Å². The van der Waals surface area contributed by atoms with Crippen molar-refractivity contribution in [3.63, 3.8) is 0 Å². The minimum absolute atomic E-state index is 0.356. The first-order chi connectivity index (χ1) is 7.30. The maximum Gasteiger partial charge on any atom is 0.224 e. The van der Waals surface area contributed by atoms with Crippen LogP contribution < -0.4 is 5.32 Å². The van der Waals surface area contributed by atoms with Crippen molar-refractivity contribution in [1.82, 2.24) is 9.97 Å². The van der Waals surface area contributed by atoms with E-state index in [1.165, 1.54) is 0 Å². The molecule has 5 heteroatoms. The lowest BCUT2D eigenvalue weighted by Gasteiger charge is -2.15. The van der Waals surface area contributed by atoms with Crippen LogP contribution in [0.15, 0.2) is 12.3 Å². The van der Waals surface area contributed by atoms with Crippen molar-refractivity contribution in [3.05, 3.63) is 18.0 Å². The molecular weight excluding hydrogens is 208 g/mol. The Balaban J connectivity index is 2.66. The van der Waals surface area contributed by atoms with Gasteiger partial charge in [0.15, 0.2) is 0 Å². The molecule has 1 rings (SSSR count). The molecule has 0 aliphatic carbocycles. The second-order valence-corrected chi connectivity index (χ2v) is 3.99. The van der Waals surface area contributed by atoms with Crippen molar-refractivity contribution in [2.75, 3.05) is 17.3 Å². The Morgan fingerprint density at radius 2 is 2.47 bits per heavy atom. The summed E-state index contributed by atoms with van der Waals surface area (Å²) in [5, 5.41) is 11.9. The molecule has 0 spiro atoms. The predicted molar refractivity (Wildman–Crippen MR) is 62.8 cm³/mol. The first-order valence-corrected chi connectivity index (χ1v) is 6.18. The van der Waals surface area contributed by atoms with Gasteiger partial charge in [0, 0.05) is 18.0 Å². The van der Waals surface area contributed by atoms with Crippen LogP contribution in [0.1, 0.15) is 19.0 Å². The van der Waals surface area contributed by atoms with Crippen molar-refractivity contribution >= 4 is 17.7 Å². The topological polar surface area (TPSA) is 61.6 Å². The SMILES string of the molecule is CCC(CSC)Nc1nccc(C#N)n1. The van der Waals surface area contributed by atoms with E-state index in [1.54, 1.807) is 24.0 Å². The average molecular weight is 222 g/mol. The fraction of sp³-hybridized carbons (Fsp3) is 0.500. The summed E-state index contributed by atoms with van der Waals surface area (Å²) in [6, 6.07) is 3.95. The van der Waals surface area contributed by atoms with E-state index >= 15 is 0 Å². The molecule has 0 aliphatic heterocycles. The maximum atomic E-state index is 8.68. The molecule has 1 aromatic heterocycles. The first kappa shape index (κ1) is 11.8. The van der Waals surface area contributed by atoms with Gasteiger partial charge in [0.1, 0.15) is 11.8 Å². The zero-order chi connectivity index (χ0) is 11.1. The smallest absolute Gasteiger partial charge is 0.224 e. The minimum atomic E-state index is 0.356. The third kappa shape index (κ3) is 3.76. The third-order valence-corrected chi connectivity index (χ3v) is 2.70. The summed E-state index contributed by atoms with van der Waals surface area (Å²) in [5.74, 6) is 1.55. The fourth-order valence-corrected chi connectivity index (χ4v) is 1.86. The van der Waals surface area contributed by atoms with Crippen LogP contribution in [0.3, 0.4) is 0 Å². The van der Waals surface area contributed by atoms with Crippen molar-refractivity contribution in [2.24, 2.45) is 0 Å². The number of anilines is 1. The molecule has 0 radical (unpaired) electrons. The van der Waals surface area contributed by atoms with Crippen LogP contribution in [-0.2, 0) is 0 Å². The molecule has 0 fully saturated rings. The van der Waals surface area contributed by atoms with Crippen molar-refractivity contribution < 1.29 is 0 Å². The Hall–Kier alpha value is -1.28. The molecule has 0 aliphatic rings. The molecule has 0 aromatic carbocycles. The Bertz CT molecular complexity index is 348. The van der Waals surface area contributed by atoms with E-state index in [2.05, 4.69) is 28.5 Å². The first-order valence-electron chi connectivity index (χ1n) is 4.78. The number of nitrogens with zero attached hydrogens (tertiary/aromatic N) is 3. The van der Waals surface area contributed by atoms with Crippen LogP contribution in [0.4, 0.5) is 5.95 Å². The predicted octanol–water partition coefficient (Wildman–Crippen LogP) is 1.90. The lowest BCUT2D eigenvalue weighted by molar-refractivity contribution is 0.762. The summed E-state index contributed by atoms with van der Waals surface area (Å²) in [5.41, 5.74) is 0.395. The summed E-state index contributed by atoms with van der Waals surface area (Å²) in [6.07, 6.45) is 4.68. The second kappa shape index (κ2) is 6.25. The molecule has 0 saturated heterocycles. The van der Waals surface area contributed by atoms with E-state index in [0.717, 1.165) is 12.2 Å². The molecule has 0 bridgehead atoms. The highest BCUT2D eigenvalue weighted by Crippen LogP contribution is 2.07. The highest BCUT2D eigenvalue weighted by atomic mass is 32.2. The van der Waals surface area contributed by atoms with Crippen molar-refractivity contribution in [1.29, 1.82) is 5.26 Å². The molecular formula is C10H14N4S. The molecule has 1 N–H and O–H groups in total. The zero-order valence-electron chi connectivity index (χ0n) is 8.90. The van der Waals surface area contributed by atoms with Crippen LogP contribution in [-0.4, -0.2) is 28.0 Å². The summed E-state index contributed by atoms with van der Waals surface area (Å²) in [6.45, 7) is 2.11. The number of nitrogens with one attached hydrogen (secondary N) is 1. The minimum Gasteiger partial charge on any atom is -0.351 e. The zero-order valence-corrected chi connectivity index (χ0v) is 9.71. The van der Waals surface area contributed by atoms with Crippen LogP contribution in [0, 0.1) is 11.3 Å². The number of nitriles is 1. The summed E-state index contributed by atoms with van der Waals surface area (Å²) >= 11 is 1.78. The third-order valence-electron chi connectivity index (χ3n) is 1.96. The Labute approximate surface area is 94.1 Å². The molecule has 1 atom stereocenters. The lowest BCUT2D eigenvalue weighted by Crippen LogP contribution is -2.22. The van der Waals surface area contributed by atoms with Gasteiger partial charge in [0.25, 0.3) is 0 Å². The molecule has 4 nitrogen and oxygen atoms in total. The van der Waals surface area contributed by atoms with Gasteiger partial charge in [-0.25, -0.2) is 9.97 Å². The van der Waals surface area contributed by atoms with Gasteiger partial charge in [-0.1, -0.05) is 6.92 Å². The van der Waals surface area contributed by atoms with Gasteiger partial charge in [-0.15, -0.1) is 0 Å². The maximum absolute atomic E-state index is 8.68. The second-order valence-electron chi connectivity index (χ2n) is 3.08. The molecule has 1 aromatic rings. The normalized spacial score (nSPS) is 11.8. The van der Waals surface area contributed by atoms with E-state index in [-0.39, 0.29) is 0 Å². The number of thioether (sulfide) groups is 1. The quantitative estimate of drug-likeness (QED) is 0.824. The Morgan fingerprint density at radius 1 is 1.67 bits per heavy atom. The van der Waals surface area contributed by atoms with Gasteiger partial charge in [-0.2, -0.15) is 17.0 Å². The Kier molecular flexibility index (Phi) is 4.91. The lowest BCUT2D eigenvalue weighted by atomic mass is 10.3. The number of aromatic nitrogens is 2. The highest BCUT2D eigenvalue weighted by molar-refractivity contribution is 7.98. The molecule has 1 heterocycles. The monoisotopic (exact) mass is 222 g/mol. The number of rotatable bonds is 5. The van der Waals surface area contributed by atoms with Gasteiger partial charge in [0.05, 0.1) is 0 Å². The largest absolute Gasteiger partial charge is 0.351 e. The fourth-order valence-electron chi connectivity index (χ4n) is 1.14. The van der Waals surface area contributed by atoms with Crippen LogP contribution >= 0.6 is 11.8 Å². The van der Waals surface area contributed by atoms with Crippen molar-refractivity contribution in [2.45, 2.75) is 19.4 Å². The molecule has 80 valence electrons. The standard InChI is InChI=1S/C10H14N4S/c1-3-8(7-15-2)13-10-12-5-4-9(6-11)14-10/h4-5,8H,3,7H2,1-2H3,(H,12,13,14). The van der Waals surface area contributed by atoms with Gasteiger partial charge in [0.2, 0.25) is 5.95 Å². The van der Waals surface area contributed by atoms with E-state index in [0.29, 0.717) is 17.7 Å². The van der Waals surface area contributed by atoms with Gasteiger partial charge in [-0.05, 0) is 18.7 Å². The van der Waals surface area contributed by atoms with Gasteiger partial charge in [-0.3, -0.25) is 0 Å². The Morgan fingerprint density at radius 3 is 3.07 bits per heavy atom. The summed E-state index contributed by atoms with van der Waals surface area (Å²) in [7, 11) is 0. The van der Waals surface area contributed by atoms with E-state index in [9.17, 15) is 0 Å². The van der Waals surface area contributed by atoms with E-state index < -0.39 is 0 Å². The average Bonchev–Trinajstić information content (AvgIpc) is 2.29. The highest BCUT2D eigenvalue weighted by Gasteiger charge is 2.06. The van der Waals surface area contributed by atoms with Crippen LogP contribution in [0.2, 0.25) is 0 Å². The van der Waals surface area contributed by atoms with Crippen molar-refractivity contribution in [3.8, 4) is 6.07 Å². The molecule has 0 amide bonds. The molecule has 15 heavy (non-hydrogen) atoms.